The van der Waals surface area contributed by atoms with Crippen LogP contribution in [0.3, 0.4) is 0 Å². The van der Waals surface area contributed by atoms with Crippen LogP contribution < -0.4 is 10.9 Å². The van der Waals surface area contributed by atoms with Crippen LogP contribution >= 0.6 is 0 Å². The number of imide groups is 1. The normalized spacial score (nSPS) is 17.8. The summed E-state index contributed by atoms with van der Waals surface area (Å²) >= 11 is 0. The lowest BCUT2D eigenvalue weighted by molar-refractivity contribution is -0.175. The number of ether oxygens (including phenoxy) is 12. The highest BCUT2D eigenvalue weighted by molar-refractivity contribution is 6.03. The zero-order valence-electron chi connectivity index (χ0n) is 62.8. The molecule has 1 saturated heterocycles. The van der Waals surface area contributed by atoms with E-state index in [1.807, 2.05) is 32.2 Å². The molecule has 2 aromatic carbocycles. The molecule has 9 rings (SSSR count). The number of esters is 1. The number of amides is 3. The number of Topliss-reactive ketones (excluding diaryl/α,β-unsaturated/α-hetero) is 3. The number of fused-ring (bicyclic) bond motifs is 5. The van der Waals surface area contributed by atoms with Gasteiger partial charge in [0.05, 0.1) is 140 Å². The van der Waals surface area contributed by atoms with E-state index in [1.54, 1.807) is 53.4 Å². The standard InChI is InChI=1S/C79H107N7O21/c1-6-9-10-12-59(74(91)80-60-21-17-57(18-22-60)50-106-78(95)107-79(8-3)68-46-70-73-66(49-85(70)76(93)67(68)53-105-77(79)94)64(7-2)65-43-54(4)14-24-69(65)81-73)45-63(88)52-104-51-62(87)13-11-27-96-29-31-98-33-35-100-37-39-102-41-42-103-40-38-101-36-34-99-32-30-97-28-26-84-48-61(82-83-84)23-25-71(89)58-19-15-56(16-20-58)47-86-72(90)44-55(5)75(86)92/h14,17-18,21-22,24,43,46,48,55-56,58-59H,6-13,15-16,19-20,23,25-42,44-45,47,49-53H2,1-5H3,(H,80,91). The molecule has 584 valence electrons. The molecule has 1 aliphatic carbocycles. The van der Waals surface area contributed by atoms with E-state index in [9.17, 15) is 43.2 Å². The number of hydrogen-bond acceptors (Lipinski definition) is 24. The van der Waals surface area contributed by atoms with Crippen molar-refractivity contribution < 1.29 is 95.2 Å². The summed E-state index contributed by atoms with van der Waals surface area (Å²) in [7, 11) is 0. The third kappa shape index (κ3) is 24.5. The third-order valence-electron chi connectivity index (χ3n) is 19.9. The van der Waals surface area contributed by atoms with Crippen LogP contribution in [0.15, 0.2) is 59.5 Å². The highest BCUT2D eigenvalue weighted by Crippen LogP contribution is 2.43. The summed E-state index contributed by atoms with van der Waals surface area (Å²) < 4.78 is 70.4. The summed E-state index contributed by atoms with van der Waals surface area (Å²) in [5.41, 5.74) is 5.02. The Kier molecular flexibility index (Phi) is 33.5. The minimum atomic E-state index is -1.96. The quantitative estimate of drug-likeness (QED) is 0.0211. The lowest BCUT2D eigenvalue weighted by atomic mass is 9.79. The van der Waals surface area contributed by atoms with Gasteiger partial charge in [0.2, 0.25) is 23.3 Å². The number of nitrogens with zero attached hydrogens (tertiary/aromatic N) is 6. The lowest BCUT2D eigenvalue weighted by Gasteiger charge is -2.35. The molecule has 4 aliphatic rings. The molecule has 28 heteroatoms. The predicted molar refractivity (Wildman–Crippen MR) is 391 cm³/mol. The highest BCUT2D eigenvalue weighted by atomic mass is 16.7. The number of pyridine rings is 2. The number of nitrogens with one attached hydrogen (secondary N) is 1. The van der Waals surface area contributed by atoms with E-state index in [0.717, 1.165) is 84.7 Å². The number of aromatic nitrogens is 5. The van der Waals surface area contributed by atoms with Crippen molar-refractivity contribution in [1.29, 1.82) is 0 Å². The van der Waals surface area contributed by atoms with E-state index in [2.05, 4.69) is 28.6 Å². The number of ketones is 3. The van der Waals surface area contributed by atoms with Gasteiger partial charge >= 0.3 is 12.1 Å². The van der Waals surface area contributed by atoms with E-state index in [-0.39, 0.29) is 115 Å². The van der Waals surface area contributed by atoms with E-state index in [4.69, 9.17) is 61.8 Å². The number of cyclic esters (lactones) is 1. The van der Waals surface area contributed by atoms with Gasteiger partial charge in [0, 0.05) is 91.4 Å². The van der Waals surface area contributed by atoms with Gasteiger partial charge in [-0.1, -0.05) is 75.9 Å². The number of hydrogen-bond donors (Lipinski definition) is 1. The Balaban J connectivity index is 0.527. The average Bonchev–Trinajstić information content (AvgIpc) is 1.61. The minimum absolute atomic E-state index is 0.0155. The second kappa shape index (κ2) is 43.2. The van der Waals surface area contributed by atoms with Gasteiger partial charge in [-0.15, -0.1) is 5.10 Å². The molecule has 1 N–H and O–H groups in total. The Labute approximate surface area is 625 Å². The fourth-order valence-electron chi connectivity index (χ4n) is 13.9. The Hall–Kier alpha value is -8.06. The smallest absolute Gasteiger partial charge is 0.457 e. The second-order valence-corrected chi connectivity index (χ2v) is 27.8. The summed E-state index contributed by atoms with van der Waals surface area (Å²) in [6.45, 7) is 16.5. The number of unbranched alkanes of at least 4 members (excludes halogenated alkanes) is 2. The lowest BCUT2D eigenvalue weighted by Crippen LogP contribution is -2.47. The first-order valence-electron chi connectivity index (χ1n) is 38.1. The van der Waals surface area contributed by atoms with Crippen molar-refractivity contribution in [2.24, 2.45) is 23.7 Å². The molecule has 3 atom stereocenters. The molecule has 1 saturated carbocycles. The maximum absolute atomic E-state index is 14.2. The van der Waals surface area contributed by atoms with Crippen LogP contribution in [-0.2, 0) is 135 Å². The fourth-order valence-corrected chi connectivity index (χ4v) is 13.9. The molecule has 0 bridgehead atoms. The zero-order chi connectivity index (χ0) is 75.9. The van der Waals surface area contributed by atoms with Crippen molar-refractivity contribution in [3.8, 4) is 11.4 Å². The van der Waals surface area contributed by atoms with Crippen molar-refractivity contribution in [2.75, 3.05) is 131 Å². The van der Waals surface area contributed by atoms with Crippen LogP contribution in [0.4, 0.5) is 10.5 Å². The molecule has 5 aromatic rings. The molecule has 0 spiro atoms. The Morgan fingerprint density at radius 3 is 1.95 bits per heavy atom. The summed E-state index contributed by atoms with van der Waals surface area (Å²) in [5.74, 6) is -2.11. The van der Waals surface area contributed by atoms with Gasteiger partial charge < -0.3 is 66.7 Å². The molecule has 3 unspecified atom stereocenters. The number of aryl methyl sites for hydroxylation is 3. The van der Waals surface area contributed by atoms with Crippen LogP contribution in [-0.4, -0.2) is 202 Å². The van der Waals surface area contributed by atoms with E-state index >= 15 is 0 Å². The van der Waals surface area contributed by atoms with Gasteiger partial charge in [-0.05, 0) is 106 Å². The van der Waals surface area contributed by atoms with Crippen molar-refractivity contribution >= 4 is 63.8 Å². The van der Waals surface area contributed by atoms with Gasteiger partial charge in [0.1, 0.15) is 32.2 Å². The van der Waals surface area contributed by atoms with Crippen molar-refractivity contribution in [2.45, 2.75) is 169 Å². The van der Waals surface area contributed by atoms with Crippen LogP contribution in [0.1, 0.15) is 157 Å². The van der Waals surface area contributed by atoms with Gasteiger partial charge in [-0.3, -0.25) is 38.5 Å². The molecule has 2 fully saturated rings. The molecule has 3 amide bonds. The van der Waals surface area contributed by atoms with Crippen molar-refractivity contribution in [3.05, 3.63) is 104 Å². The van der Waals surface area contributed by atoms with Gasteiger partial charge in [0.15, 0.2) is 11.6 Å². The minimum Gasteiger partial charge on any atom is -0.457 e. The van der Waals surface area contributed by atoms with Crippen LogP contribution in [0.2, 0.25) is 0 Å². The van der Waals surface area contributed by atoms with Crippen LogP contribution in [0, 0.1) is 30.6 Å². The summed E-state index contributed by atoms with van der Waals surface area (Å²) in [6.07, 6.45) is 9.58. The summed E-state index contributed by atoms with van der Waals surface area (Å²) in [4.78, 5) is 124. The van der Waals surface area contributed by atoms with Crippen LogP contribution in [0.25, 0.3) is 22.3 Å². The molecular weight excluding hydrogens is 1380 g/mol. The Morgan fingerprint density at radius 1 is 0.701 bits per heavy atom. The molecule has 107 heavy (non-hydrogen) atoms. The number of likely N-dealkylation sites (tertiary alicyclic amines) is 1. The first-order valence-corrected chi connectivity index (χ1v) is 38.1. The first kappa shape index (κ1) is 83.0. The predicted octanol–water partition coefficient (Wildman–Crippen LogP) is 8.90. The van der Waals surface area contributed by atoms with Crippen molar-refractivity contribution in [1.82, 2.24) is 29.4 Å². The Bertz CT molecular complexity index is 3830. The fraction of sp³-hybridized carbons (Fsp3) is 0.620. The molecular formula is C79H107N7O21. The average molecular weight is 1490 g/mol. The molecule has 6 heterocycles. The summed E-state index contributed by atoms with van der Waals surface area (Å²) in [6, 6.07) is 14.4. The second-order valence-electron chi connectivity index (χ2n) is 27.8. The largest absolute Gasteiger partial charge is 0.510 e. The maximum Gasteiger partial charge on any atom is 0.510 e. The third-order valence-corrected chi connectivity index (χ3v) is 19.9. The first-order chi connectivity index (χ1) is 52.0. The van der Waals surface area contributed by atoms with Gasteiger partial charge in [-0.2, -0.15) is 0 Å². The van der Waals surface area contributed by atoms with E-state index < -0.39 is 23.6 Å². The maximum atomic E-state index is 14.2. The highest BCUT2D eigenvalue weighted by Gasteiger charge is 2.51. The SMILES string of the molecule is CCCCCC(CC(=O)COCC(=O)CCCOCCOCCOCCOCCOCCOCCOCCOCCn1cc(CCC(=O)C2CCC(CN3C(=O)CC(C)C3=O)CC2)nn1)C(=O)Nc1ccc(COC(=O)OC2(CC)C(=O)OCc3c2cc2n(c3=O)Cc3c-2nc2ccc(C)cc2c3CC)cc1. The molecule has 3 aliphatic heterocycles. The van der Waals surface area contributed by atoms with Gasteiger partial charge in [-0.25, -0.2) is 19.3 Å². The van der Waals surface area contributed by atoms with E-state index in [1.165, 1.54) is 4.90 Å². The molecule has 28 nitrogen and oxygen atoms in total. The van der Waals surface area contributed by atoms with Gasteiger partial charge in [0.25, 0.3) is 5.56 Å². The monoisotopic (exact) mass is 1490 g/mol. The number of carbonyl (C=O) groups excluding carboxylic acids is 8. The number of benzene rings is 2. The number of anilines is 1. The number of carbonyl (C=O) groups is 8. The van der Waals surface area contributed by atoms with Crippen molar-refractivity contribution in [3.63, 3.8) is 0 Å². The molecule has 0 radical (unpaired) electrons. The molecule has 3 aromatic heterocycles. The number of rotatable bonds is 51. The summed E-state index contributed by atoms with van der Waals surface area (Å²) in [5, 5.41) is 12.3. The zero-order valence-corrected chi connectivity index (χ0v) is 62.8. The Morgan fingerprint density at radius 2 is 1.34 bits per heavy atom. The van der Waals surface area contributed by atoms with E-state index in [0.29, 0.717) is 180 Å². The van der Waals surface area contributed by atoms with Crippen LogP contribution in [0.5, 0.6) is 0 Å². The topological polar surface area (TPSA) is 328 Å².